The van der Waals surface area contributed by atoms with Gasteiger partial charge in [0.05, 0.1) is 15.2 Å². The largest absolute Gasteiger partial charge is 0.381 e. The van der Waals surface area contributed by atoms with Gasteiger partial charge in [0.15, 0.2) is 0 Å². The lowest BCUT2D eigenvalue weighted by Crippen LogP contribution is -2.42. The highest BCUT2D eigenvalue weighted by Crippen LogP contribution is 2.25. The average Bonchev–Trinajstić information content (AvgIpc) is 3.47. The highest BCUT2D eigenvalue weighted by atomic mass is 32.1. The van der Waals surface area contributed by atoms with Crippen molar-refractivity contribution in [2.24, 2.45) is 17.4 Å². The molecule has 9 nitrogen and oxygen atoms in total. The summed E-state index contributed by atoms with van der Waals surface area (Å²) in [7, 11) is 1.50. The molecule has 2 amide bonds. The first-order valence-corrected chi connectivity index (χ1v) is 16.1. The number of nitrogens with two attached hydrogens (primary N) is 2. The van der Waals surface area contributed by atoms with Gasteiger partial charge in [-0.2, -0.15) is 0 Å². The maximum Gasteiger partial charge on any atom is 0.220 e. The molecular weight excluding hydrogens is 550 g/mol. The van der Waals surface area contributed by atoms with Crippen LogP contribution in [0.3, 0.4) is 0 Å². The molecule has 2 aliphatic heterocycles. The molecule has 5 N–H and O–H groups in total. The molecule has 0 radical (unpaired) electrons. The summed E-state index contributed by atoms with van der Waals surface area (Å²) in [5.41, 5.74) is 11.5. The number of primary amides is 1. The maximum atomic E-state index is 12.9. The Kier molecular flexibility index (Phi) is 20.4. The van der Waals surface area contributed by atoms with Gasteiger partial charge in [0.1, 0.15) is 6.79 Å². The first-order chi connectivity index (χ1) is 20.5. The van der Waals surface area contributed by atoms with Crippen molar-refractivity contribution in [1.29, 1.82) is 0 Å². The van der Waals surface area contributed by atoms with Crippen LogP contribution in [-0.4, -0.2) is 74.4 Å². The zero-order chi connectivity index (χ0) is 31.2. The predicted octanol–water partition coefficient (Wildman–Crippen LogP) is 4.41. The van der Waals surface area contributed by atoms with Gasteiger partial charge in [-0.1, -0.05) is 38.5 Å². The van der Waals surface area contributed by atoms with E-state index in [1.54, 1.807) is 18.3 Å². The third-order valence-corrected chi connectivity index (χ3v) is 8.45. The minimum absolute atomic E-state index is 0.143. The first kappa shape index (κ1) is 37.4. The smallest absolute Gasteiger partial charge is 0.220 e. The molecule has 1 atom stereocenters. The molecule has 1 aromatic carbocycles. The highest BCUT2D eigenvalue weighted by Gasteiger charge is 2.24. The minimum atomic E-state index is -0.245. The number of fused-ring (bicyclic) bond motifs is 1. The fourth-order valence-corrected chi connectivity index (χ4v) is 5.97. The van der Waals surface area contributed by atoms with Gasteiger partial charge in [-0.05, 0) is 82.3 Å². The summed E-state index contributed by atoms with van der Waals surface area (Å²) in [5.74, 6) is 0.395. The second-order valence-electron chi connectivity index (χ2n) is 10.3. The van der Waals surface area contributed by atoms with Crippen LogP contribution in [0.2, 0.25) is 0 Å². The fraction of sp³-hybridized carbons (Fsp3) is 0.625. The van der Waals surface area contributed by atoms with E-state index in [9.17, 15) is 9.59 Å². The van der Waals surface area contributed by atoms with Crippen LogP contribution in [0.5, 0.6) is 0 Å². The number of ether oxygens (including phenoxy) is 1. The molecule has 0 bridgehead atoms. The quantitative estimate of drug-likeness (QED) is 0.323. The molecule has 10 heteroatoms. The molecule has 2 aromatic rings. The van der Waals surface area contributed by atoms with Crippen LogP contribution in [0.15, 0.2) is 30.4 Å². The molecule has 0 spiro atoms. The molecule has 2 saturated heterocycles. The van der Waals surface area contributed by atoms with Gasteiger partial charge in [-0.3, -0.25) is 14.5 Å². The lowest BCUT2D eigenvalue weighted by atomic mass is 9.89. The van der Waals surface area contributed by atoms with Crippen LogP contribution in [-0.2, 0) is 32.0 Å². The molecule has 1 unspecified atom stereocenters. The van der Waals surface area contributed by atoms with Crippen molar-refractivity contribution in [3.8, 4) is 0 Å². The Morgan fingerprint density at radius 3 is 2.43 bits per heavy atom. The van der Waals surface area contributed by atoms with Crippen molar-refractivity contribution in [2.45, 2.75) is 84.1 Å². The summed E-state index contributed by atoms with van der Waals surface area (Å²) >= 11 is 1.72. The molecule has 2 aliphatic rings. The molecule has 42 heavy (non-hydrogen) atoms. The summed E-state index contributed by atoms with van der Waals surface area (Å²) in [5, 5.41) is 4.42. The molecule has 0 saturated carbocycles. The molecule has 1 aromatic heterocycles. The molecule has 4 rings (SSSR count). The number of nitrogens with one attached hydrogen (secondary N) is 1. The van der Waals surface area contributed by atoms with E-state index >= 15 is 0 Å². The number of piperidine rings is 1. The number of benzene rings is 1. The van der Waals surface area contributed by atoms with E-state index in [0.717, 1.165) is 56.0 Å². The lowest BCUT2D eigenvalue weighted by molar-refractivity contribution is -0.122. The van der Waals surface area contributed by atoms with Gasteiger partial charge in [0, 0.05) is 45.1 Å². The monoisotopic (exact) mass is 603 g/mol. The summed E-state index contributed by atoms with van der Waals surface area (Å²) in [6.45, 7) is 11.0. The Balaban J connectivity index is 0.000000873. The summed E-state index contributed by atoms with van der Waals surface area (Å²) in [4.78, 5) is 37.7. The molecule has 3 heterocycles. The van der Waals surface area contributed by atoms with Gasteiger partial charge in [0.25, 0.3) is 0 Å². The minimum Gasteiger partial charge on any atom is -0.381 e. The van der Waals surface area contributed by atoms with E-state index in [0.29, 0.717) is 25.2 Å². The fourth-order valence-electron chi connectivity index (χ4n) is 4.94. The number of nitrogens with zero attached hydrogens (tertiary/aromatic N) is 2. The molecule has 2 fully saturated rings. The third-order valence-electron chi connectivity index (χ3n) is 7.37. The Bertz CT molecular complexity index is 1050. The topological polar surface area (TPSA) is 141 Å². The Labute approximate surface area is 256 Å². The number of likely N-dealkylation sites (tertiary alicyclic amines) is 1. The van der Waals surface area contributed by atoms with Crippen molar-refractivity contribution < 1.29 is 19.1 Å². The van der Waals surface area contributed by atoms with E-state index in [1.165, 1.54) is 49.7 Å². The van der Waals surface area contributed by atoms with Crippen LogP contribution >= 0.6 is 11.3 Å². The van der Waals surface area contributed by atoms with E-state index in [1.807, 2.05) is 6.79 Å². The van der Waals surface area contributed by atoms with Gasteiger partial charge < -0.3 is 26.3 Å². The second-order valence-corrected chi connectivity index (χ2v) is 11.4. The van der Waals surface area contributed by atoms with Crippen LogP contribution < -0.4 is 16.8 Å². The number of aromatic nitrogens is 1. The SMILES string of the molecule is C=O.CCC(N)=O.CCc1ccc2nc(CCC(=O)NC(C/C=C/CN3CCCCC3)C3CCOCC3)sc2c1.CN. The Morgan fingerprint density at radius 1 is 1.14 bits per heavy atom. The highest BCUT2D eigenvalue weighted by molar-refractivity contribution is 7.18. The first-order valence-electron chi connectivity index (χ1n) is 15.3. The summed E-state index contributed by atoms with van der Waals surface area (Å²) in [6, 6.07) is 6.68. The van der Waals surface area contributed by atoms with E-state index < -0.39 is 0 Å². The normalized spacial score (nSPS) is 16.3. The van der Waals surface area contributed by atoms with Crippen LogP contribution in [0.1, 0.15) is 75.8 Å². The maximum absolute atomic E-state index is 12.9. The van der Waals surface area contributed by atoms with Gasteiger partial charge >= 0.3 is 0 Å². The van der Waals surface area contributed by atoms with Crippen molar-refractivity contribution in [1.82, 2.24) is 15.2 Å². The number of hydrogen-bond acceptors (Lipinski definition) is 8. The molecule has 0 aliphatic carbocycles. The van der Waals surface area contributed by atoms with Crippen molar-refractivity contribution in [2.75, 3.05) is 39.9 Å². The zero-order valence-corrected chi connectivity index (χ0v) is 26.8. The summed E-state index contributed by atoms with van der Waals surface area (Å²) in [6.07, 6.45) is 14.3. The van der Waals surface area contributed by atoms with Gasteiger partial charge in [-0.25, -0.2) is 4.98 Å². The molecule has 236 valence electrons. The number of rotatable bonds is 11. The van der Waals surface area contributed by atoms with Crippen LogP contribution in [0.4, 0.5) is 0 Å². The Hall–Kier alpha value is -2.66. The average molecular weight is 604 g/mol. The van der Waals surface area contributed by atoms with Crippen molar-refractivity contribution in [3.63, 3.8) is 0 Å². The Morgan fingerprint density at radius 2 is 1.81 bits per heavy atom. The standard InChI is InChI=1S/C27H39N3O2S.C3H7NO.CH5N.CH2O/c1-2-21-9-10-24-25(20-21)33-27(29-24)12-11-26(31)28-23(22-13-18-32-19-14-22)8-4-7-17-30-15-5-3-6-16-30;1-2-3(4)5;2*1-2/h4,7,9-10,20,22-23H,2-3,5-6,8,11-19H2,1H3,(H,28,31);2H2,1H3,(H2,4,5);2H2,1H3;1H2/b7-4+;;;. The van der Waals surface area contributed by atoms with Crippen LogP contribution in [0.25, 0.3) is 10.2 Å². The third kappa shape index (κ3) is 14.5. The zero-order valence-electron chi connectivity index (χ0n) is 25.9. The number of hydrogen-bond donors (Lipinski definition) is 3. The van der Waals surface area contributed by atoms with Crippen molar-refractivity contribution >= 4 is 40.2 Å². The van der Waals surface area contributed by atoms with E-state index in [4.69, 9.17) is 14.5 Å². The number of aryl methyl sites for hydroxylation is 2. The van der Waals surface area contributed by atoms with Crippen molar-refractivity contribution in [3.05, 3.63) is 40.9 Å². The number of amides is 2. The molecular formula is C32H53N5O4S. The lowest BCUT2D eigenvalue weighted by Gasteiger charge is -2.30. The van der Waals surface area contributed by atoms with E-state index in [-0.39, 0.29) is 17.9 Å². The van der Waals surface area contributed by atoms with Gasteiger partial charge in [0.2, 0.25) is 11.8 Å². The van der Waals surface area contributed by atoms with Gasteiger partial charge in [-0.15, -0.1) is 11.3 Å². The second kappa shape index (κ2) is 22.9. The number of carbonyl (C=O) groups is 3. The number of thiazole rings is 1. The summed E-state index contributed by atoms with van der Waals surface area (Å²) < 4.78 is 6.79. The number of carbonyl (C=O) groups excluding carboxylic acids is 3. The predicted molar refractivity (Wildman–Crippen MR) is 174 cm³/mol. The van der Waals surface area contributed by atoms with Crippen LogP contribution in [0, 0.1) is 5.92 Å². The van der Waals surface area contributed by atoms with E-state index in [2.05, 4.69) is 59.0 Å².